The van der Waals surface area contributed by atoms with Gasteiger partial charge in [-0.15, -0.1) is 0 Å². The summed E-state index contributed by atoms with van der Waals surface area (Å²) >= 11 is 0. The van der Waals surface area contributed by atoms with Crippen molar-refractivity contribution in [1.29, 1.82) is 0 Å². The van der Waals surface area contributed by atoms with Crippen molar-refractivity contribution in [2.75, 3.05) is 44.2 Å². The molecule has 0 saturated carbocycles. The molecule has 0 unspecified atom stereocenters. The summed E-state index contributed by atoms with van der Waals surface area (Å²) in [6.45, 7) is 7.17. The molecule has 2 fully saturated rings. The molecule has 174 valence electrons. The molecule has 2 heterocycles. The molecule has 32 heavy (non-hydrogen) atoms. The van der Waals surface area contributed by atoms with E-state index in [9.17, 15) is 15.3 Å². The lowest BCUT2D eigenvalue weighted by Gasteiger charge is -2.47. The van der Waals surface area contributed by atoms with Crippen LogP contribution in [0.4, 0.5) is 5.69 Å². The standard InChI is InChI=1S/C26H36N2O4/c1-20-6-5-8-22(16-20)32-19-26(31)18-27(13-10-24(26)29)17-25(30)11-14-28(15-12-25)23-9-4-3-7-21(23)2/h3-9,16,24,29-31H,10-15,17-19H2,1-2H3/t24-,26-/m0/s1. The Bertz CT molecular complexity index is 912. The smallest absolute Gasteiger partial charge is 0.137 e. The third kappa shape index (κ3) is 5.26. The molecule has 4 rings (SSSR count). The van der Waals surface area contributed by atoms with Crippen LogP contribution in [0.2, 0.25) is 0 Å². The van der Waals surface area contributed by atoms with E-state index in [1.807, 2.05) is 37.3 Å². The molecule has 2 atom stereocenters. The van der Waals surface area contributed by atoms with Gasteiger partial charge in [0.15, 0.2) is 0 Å². The van der Waals surface area contributed by atoms with Crippen LogP contribution >= 0.6 is 0 Å². The summed E-state index contributed by atoms with van der Waals surface area (Å²) in [4.78, 5) is 4.42. The highest BCUT2D eigenvalue weighted by Crippen LogP contribution is 2.31. The molecule has 0 aliphatic carbocycles. The molecule has 2 aromatic carbocycles. The summed E-state index contributed by atoms with van der Waals surface area (Å²) in [5.74, 6) is 0.685. The molecule has 2 aliphatic rings. The van der Waals surface area contributed by atoms with Crippen molar-refractivity contribution in [2.24, 2.45) is 0 Å². The Morgan fingerprint density at radius 3 is 2.47 bits per heavy atom. The minimum absolute atomic E-state index is 0.0214. The fourth-order valence-electron chi connectivity index (χ4n) is 4.99. The van der Waals surface area contributed by atoms with Gasteiger partial charge in [0.25, 0.3) is 0 Å². The Labute approximate surface area is 191 Å². The Balaban J connectivity index is 1.34. The highest BCUT2D eigenvalue weighted by molar-refractivity contribution is 5.53. The van der Waals surface area contributed by atoms with Crippen LogP contribution in [-0.4, -0.2) is 76.9 Å². The predicted molar refractivity (Wildman–Crippen MR) is 126 cm³/mol. The van der Waals surface area contributed by atoms with Crippen LogP contribution in [0.3, 0.4) is 0 Å². The molecule has 2 aromatic rings. The largest absolute Gasteiger partial charge is 0.490 e. The molecule has 3 N–H and O–H groups in total. The molecule has 0 radical (unpaired) electrons. The van der Waals surface area contributed by atoms with Crippen LogP contribution in [-0.2, 0) is 0 Å². The molecule has 0 bridgehead atoms. The normalized spacial score (nSPS) is 26.2. The number of β-amino-alcohol motifs (C(OH)–C–C–N with tert-alkyl or cyclic N) is 2. The zero-order chi connectivity index (χ0) is 22.8. The molecule has 0 aromatic heterocycles. The molecule has 6 heteroatoms. The van der Waals surface area contributed by atoms with E-state index in [0.29, 0.717) is 38.1 Å². The highest BCUT2D eigenvalue weighted by atomic mass is 16.5. The van der Waals surface area contributed by atoms with Crippen LogP contribution in [0.5, 0.6) is 5.75 Å². The van der Waals surface area contributed by atoms with Crippen LogP contribution in [0.15, 0.2) is 48.5 Å². The van der Waals surface area contributed by atoms with Crippen LogP contribution in [0, 0.1) is 13.8 Å². The number of para-hydroxylation sites is 1. The fourth-order valence-corrected chi connectivity index (χ4v) is 4.99. The Kier molecular flexibility index (Phi) is 6.77. The quantitative estimate of drug-likeness (QED) is 0.641. The second-order valence-corrected chi connectivity index (χ2v) is 9.72. The van der Waals surface area contributed by atoms with Crippen molar-refractivity contribution in [3.8, 4) is 5.75 Å². The number of hydrogen-bond donors (Lipinski definition) is 3. The Morgan fingerprint density at radius 1 is 1.00 bits per heavy atom. The molecular formula is C26H36N2O4. The number of rotatable bonds is 6. The van der Waals surface area contributed by atoms with Gasteiger partial charge >= 0.3 is 0 Å². The third-order valence-electron chi connectivity index (χ3n) is 6.98. The lowest BCUT2D eigenvalue weighted by atomic mass is 9.86. The van der Waals surface area contributed by atoms with E-state index >= 15 is 0 Å². The first kappa shape index (κ1) is 23.1. The number of aliphatic hydroxyl groups excluding tert-OH is 1. The number of aryl methyl sites for hydroxylation is 2. The average molecular weight is 441 g/mol. The zero-order valence-corrected chi connectivity index (χ0v) is 19.2. The molecule has 0 amide bonds. The average Bonchev–Trinajstić information content (AvgIpc) is 2.76. The van der Waals surface area contributed by atoms with Gasteiger partial charge in [-0.3, -0.25) is 4.90 Å². The number of nitrogens with zero attached hydrogens (tertiary/aromatic N) is 2. The van der Waals surface area contributed by atoms with Crippen molar-refractivity contribution in [3.05, 3.63) is 59.7 Å². The van der Waals surface area contributed by atoms with Gasteiger partial charge in [-0.2, -0.15) is 0 Å². The van der Waals surface area contributed by atoms with Gasteiger partial charge < -0.3 is 25.0 Å². The van der Waals surface area contributed by atoms with Crippen molar-refractivity contribution in [3.63, 3.8) is 0 Å². The van der Waals surface area contributed by atoms with Gasteiger partial charge in [0.2, 0.25) is 0 Å². The molecule has 2 aliphatic heterocycles. The second kappa shape index (κ2) is 9.40. The number of ether oxygens (including phenoxy) is 1. The maximum atomic E-state index is 11.3. The topological polar surface area (TPSA) is 76.4 Å². The lowest BCUT2D eigenvalue weighted by Crippen LogP contribution is -2.62. The second-order valence-electron chi connectivity index (χ2n) is 9.72. The van der Waals surface area contributed by atoms with Gasteiger partial charge in [-0.25, -0.2) is 0 Å². The minimum Gasteiger partial charge on any atom is -0.490 e. The maximum Gasteiger partial charge on any atom is 0.137 e. The van der Waals surface area contributed by atoms with E-state index in [0.717, 1.165) is 18.7 Å². The first-order chi connectivity index (χ1) is 15.3. The number of benzene rings is 2. The van der Waals surface area contributed by atoms with E-state index < -0.39 is 17.3 Å². The van der Waals surface area contributed by atoms with Crippen molar-refractivity contribution in [2.45, 2.75) is 50.4 Å². The first-order valence-corrected chi connectivity index (χ1v) is 11.6. The summed E-state index contributed by atoms with van der Waals surface area (Å²) < 4.78 is 5.83. The van der Waals surface area contributed by atoms with E-state index in [4.69, 9.17) is 4.74 Å². The first-order valence-electron chi connectivity index (χ1n) is 11.6. The van der Waals surface area contributed by atoms with E-state index in [2.05, 4.69) is 34.9 Å². The minimum atomic E-state index is -1.36. The zero-order valence-electron chi connectivity index (χ0n) is 19.2. The summed E-state index contributed by atoms with van der Waals surface area (Å²) in [6, 6.07) is 16.0. The monoisotopic (exact) mass is 440 g/mol. The predicted octanol–water partition coefficient (Wildman–Crippen LogP) is 2.51. The van der Waals surface area contributed by atoms with Gasteiger partial charge in [0, 0.05) is 38.4 Å². The van der Waals surface area contributed by atoms with Gasteiger partial charge in [0.1, 0.15) is 18.0 Å². The van der Waals surface area contributed by atoms with Crippen molar-refractivity contribution in [1.82, 2.24) is 4.90 Å². The molecule has 6 nitrogen and oxygen atoms in total. The number of hydrogen-bond acceptors (Lipinski definition) is 6. The van der Waals surface area contributed by atoms with E-state index in [-0.39, 0.29) is 13.2 Å². The number of likely N-dealkylation sites (tertiary alicyclic amines) is 1. The summed E-state index contributed by atoms with van der Waals surface area (Å²) in [6.07, 6.45) is 0.970. The summed E-state index contributed by atoms with van der Waals surface area (Å²) in [5.41, 5.74) is 1.42. The Morgan fingerprint density at radius 2 is 1.75 bits per heavy atom. The number of aliphatic hydroxyl groups is 3. The lowest BCUT2D eigenvalue weighted by molar-refractivity contribution is -0.149. The van der Waals surface area contributed by atoms with Crippen LogP contribution in [0.25, 0.3) is 0 Å². The molecule has 0 spiro atoms. The third-order valence-corrected chi connectivity index (χ3v) is 6.98. The summed E-state index contributed by atoms with van der Waals surface area (Å²) in [5, 5.41) is 33.0. The number of piperidine rings is 2. The summed E-state index contributed by atoms with van der Waals surface area (Å²) in [7, 11) is 0. The molecule has 2 saturated heterocycles. The van der Waals surface area contributed by atoms with Crippen LogP contribution in [0.1, 0.15) is 30.4 Å². The number of anilines is 1. The van der Waals surface area contributed by atoms with Gasteiger partial charge in [0.05, 0.1) is 11.7 Å². The Hall–Kier alpha value is -2.12. The van der Waals surface area contributed by atoms with Gasteiger partial charge in [-0.1, -0.05) is 30.3 Å². The van der Waals surface area contributed by atoms with E-state index in [1.165, 1.54) is 11.3 Å². The van der Waals surface area contributed by atoms with Crippen molar-refractivity contribution >= 4 is 5.69 Å². The van der Waals surface area contributed by atoms with Crippen LogP contribution < -0.4 is 9.64 Å². The molecular weight excluding hydrogens is 404 g/mol. The van der Waals surface area contributed by atoms with Crippen molar-refractivity contribution < 1.29 is 20.1 Å². The fraction of sp³-hybridized carbons (Fsp3) is 0.538. The highest BCUT2D eigenvalue weighted by Gasteiger charge is 2.44. The SMILES string of the molecule is Cc1cccc(OC[C@@]2(O)CN(CC3(O)CCN(c4ccccc4C)CC3)CC[C@@H]2O)c1. The van der Waals surface area contributed by atoms with Gasteiger partial charge in [-0.05, 0) is 62.4 Å². The maximum absolute atomic E-state index is 11.3. The van der Waals surface area contributed by atoms with E-state index in [1.54, 1.807) is 0 Å².